The lowest BCUT2D eigenvalue weighted by atomic mass is 10.2. The zero-order valence-electron chi connectivity index (χ0n) is 14.0. The quantitative estimate of drug-likeness (QED) is 0.339. The van der Waals surface area contributed by atoms with Crippen LogP contribution in [-0.2, 0) is 9.84 Å². The van der Waals surface area contributed by atoms with Crippen LogP contribution < -0.4 is 0 Å². The Morgan fingerprint density at radius 3 is 2.19 bits per heavy atom. The Labute approximate surface area is 181 Å². The zero-order valence-corrected chi connectivity index (χ0v) is 18.7. The van der Waals surface area contributed by atoms with Crippen LogP contribution >= 0.6 is 50.9 Å². The summed E-state index contributed by atoms with van der Waals surface area (Å²) in [7, 11) is -3.46. The summed E-state index contributed by atoms with van der Waals surface area (Å²) >= 11 is 16.9. The number of rotatable bonds is 6. The van der Waals surface area contributed by atoms with Gasteiger partial charge >= 0.3 is 0 Å². The van der Waals surface area contributed by atoms with E-state index in [1.165, 1.54) is 11.8 Å². The Morgan fingerprint density at radius 1 is 0.889 bits per heavy atom. The lowest BCUT2D eigenvalue weighted by Gasteiger charge is -2.18. The number of thioether (sulfide) groups is 1. The van der Waals surface area contributed by atoms with E-state index in [1.807, 2.05) is 36.4 Å². The van der Waals surface area contributed by atoms with Crippen LogP contribution in [0.3, 0.4) is 0 Å². The van der Waals surface area contributed by atoms with Crippen molar-refractivity contribution in [3.05, 3.63) is 92.9 Å². The van der Waals surface area contributed by atoms with Gasteiger partial charge in [0.15, 0.2) is 9.84 Å². The zero-order chi connectivity index (χ0) is 19.4. The SMILES string of the molecule is O=S(=O)(C[C@H](Sc1ccc(Cl)c(Cl)c1)c1ccccc1)c1ccc(Br)cc1. The van der Waals surface area contributed by atoms with Gasteiger partial charge in [-0.2, -0.15) is 0 Å². The monoisotopic (exact) mass is 500 g/mol. The number of hydrogen-bond acceptors (Lipinski definition) is 3. The second kappa shape index (κ2) is 9.01. The molecule has 0 radical (unpaired) electrons. The molecule has 0 saturated heterocycles. The van der Waals surface area contributed by atoms with Crippen LogP contribution in [0.5, 0.6) is 0 Å². The smallest absolute Gasteiger partial charge is 0.179 e. The fourth-order valence-electron chi connectivity index (χ4n) is 2.52. The largest absolute Gasteiger partial charge is 0.224 e. The van der Waals surface area contributed by atoms with Gasteiger partial charge in [0.25, 0.3) is 0 Å². The van der Waals surface area contributed by atoms with E-state index in [9.17, 15) is 8.42 Å². The average Bonchev–Trinajstić information content (AvgIpc) is 2.65. The number of halogens is 3. The highest BCUT2D eigenvalue weighted by Gasteiger charge is 2.24. The van der Waals surface area contributed by atoms with Gasteiger partial charge in [-0.25, -0.2) is 8.42 Å². The molecule has 0 fully saturated rings. The van der Waals surface area contributed by atoms with Crippen LogP contribution in [-0.4, -0.2) is 14.2 Å². The summed E-state index contributed by atoms with van der Waals surface area (Å²) < 4.78 is 26.8. The Morgan fingerprint density at radius 2 is 1.56 bits per heavy atom. The standard InChI is InChI=1S/C20H15BrCl2O2S2/c21-15-6-9-17(10-7-15)27(24,25)13-20(14-4-2-1-3-5-14)26-16-8-11-18(22)19(23)12-16/h1-12,20H,13H2/t20-/m0/s1. The molecule has 0 N–H and O–H groups in total. The van der Waals surface area contributed by atoms with Gasteiger partial charge in [0.05, 0.1) is 20.7 Å². The summed E-state index contributed by atoms with van der Waals surface area (Å²) in [5.74, 6) is -0.0242. The van der Waals surface area contributed by atoms with Crippen molar-refractivity contribution in [2.75, 3.05) is 5.75 Å². The fraction of sp³-hybridized carbons (Fsp3) is 0.100. The van der Waals surface area contributed by atoms with Crippen LogP contribution in [0, 0.1) is 0 Å². The van der Waals surface area contributed by atoms with E-state index in [1.54, 1.807) is 36.4 Å². The summed E-state index contributed by atoms with van der Waals surface area (Å²) in [5, 5.41) is 0.640. The van der Waals surface area contributed by atoms with Crippen molar-refractivity contribution in [2.45, 2.75) is 15.0 Å². The molecule has 0 aliphatic rings. The molecule has 1 atom stereocenters. The third-order valence-corrected chi connectivity index (χ3v) is 8.38. The lowest BCUT2D eigenvalue weighted by Crippen LogP contribution is -2.13. The maximum absolute atomic E-state index is 13.0. The van der Waals surface area contributed by atoms with E-state index < -0.39 is 9.84 Å². The van der Waals surface area contributed by atoms with E-state index in [0.29, 0.717) is 14.9 Å². The molecule has 0 saturated carbocycles. The summed E-state index contributed by atoms with van der Waals surface area (Å²) in [4.78, 5) is 1.17. The minimum absolute atomic E-state index is 0.0242. The molecule has 0 aliphatic carbocycles. The van der Waals surface area contributed by atoms with Crippen LogP contribution in [0.15, 0.2) is 87.1 Å². The average molecular weight is 502 g/mol. The third kappa shape index (κ3) is 5.52. The molecule has 0 heterocycles. The highest BCUT2D eigenvalue weighted by molar-refractivity contribution is 9.10. The van der Waals surface area contributed by atoms with Crippen molar-refractivity contribution in [3.8, 4) is 0 Å². The van der Waals surface area contributed by atoms with E-state index in [2.05, 4.69) is 15.9 Å². The molecule has 0 unspecified atom stereocenters. The van der Waals surface area contributed by atoms with Gasteiger partial charge in [-0.3, -0.25) is 0 Å². The predicted molar refractivity (Wildman–Crippen MR) is 118 cm³/mol. The molecule has 3 aromatic rings. The first-order chi connectivity index (χ1) is 12.8. The summed E-state index contributed by atoms with van der Waals surface area (Å²) in [5.41, 5.74) is 0.939. The molecule has 0 aliphatic heterocycles. The molecule has 3 aromatic carbocycles. The maximum Gasteiger partial charge on any atom is 0.179 e. The van der Waals surface area contributed by atoms with Crippen LogP contribution in [0.2, 0.25) is 10.0 Å². The summed E-state index contributed by atoms with van der Waals surface area (Å²) in [6, 6.07) is 21.6. The normalized spacial score (nSPS) is 12.7. The topological polar surface area (TPSA) is 34.1 Å². The van der Waals surface area contributed by atoms with Gasteiger partial charge in [-0.15, -0.1) is 11.8 Å². The van der Waals surface area contributed by atoms with Gasteiger partial charge in [-0.05, 0) is 48.0 Å². The third-order valence-electron chi connectivity index (χ3n) is 3.88. The van der Waals surface area contributed by atoms with Gasteiger partial charge in [0.1, 0.15) is 0 Å². The van der Waals surface area contributed by atoms with Crippen molar-refractivity contribution in [1.29, 1.82) is 0 Å². The highest BCUT2D eigenvalue weighted by Crippen LogP contribution is 2.39. The Kier molecular flexibility index (Phi) is 6.93. The minimum atomic E-state index is -3.46. The molecule has 0 spiro atoms. The van der Waals surface area contributed by atoms with Crippen molar-refractivity contribution in [2.24, 2.45) is 0 Å². The van der Waals surface area contributed by atoms with E-state index in [0.717, 1.165) is 14.9 Å². The molecule has 140 valence electrons. The molecule has 0 amide bonds. The maximum atomic E-state index is 13.0. The number of benzene rings is 3. The first kappa shape index (κ1) is 20.7. The van der Waals surface area contributed by atoms with Crippen LogP contribution in [0.4, 0.5) is 0 Å². The van der Waals surface area contributed by atoms with Crippen molar-refractivity contribution >= 4 is 60.7 Å². The van der Waals surface area contributed by atoms with Gasteiger partial charge in [0, 0.05) is 14.6 Å². The number of hydrogen-bond donors (Lipinski definition) is 0. The molecule has 0 bridgehead atoms. The lowest BCUT2D eigenvalue weighted by molar-refractivity contribution is 0.595. The van der Waals surface area contributed by atoms with Gasteiger partial charge < -0.3 is 0 Å². The molecular weight excluding hydrogens is 487 g/mol. The van der Waals surface area contributed by atoms with Crippen molar-refractivity contribution in [1.82, 2.24) is 0 Å². The van der Waals surface area contributed by atoms with Crippen molar-refractivity contribution < 1.29 is 8.42 Å². The van der Waals surface area contributed by atoms with Crippen molar-refractivity contribution in [3.63, 3.8) is 0 Å². The van der Waals surface area contributed by atoms with Gasteiger partial charge in [0.2, 0.25) is 0 Å². The summed E-state index contributed by atoms with van der Waals surface area (Å²) in [6.45, 7) is 0. The van der Waals surface area contributed by atoms with Crippen LogP contribution in [0.25, 0.3) is 0 Å². The first-order valence-corrected chi connectivity index (χ1v) is 12.1. The highest BCUT2D eigenvalue weighted by atomic mass is 79.9. The summed E-state index contributed by atoms with van der Waals surface area (Å²) in [6.07, 6.45) is 0. The Balaban J connectivity index is 1.92. The second-order valence-electron chi connectivity index (χ2n) is 5.83. The Hall–Kier alpha value is -0.980. The second-order valence-corrected chi connectivity index (χ2v) is 10.9. The molecular formula is C20H15BrCl2O2S2. The van der Waals surface area contributed by atoms with Crippen LogP contribution in [0.1, 0.15) is 10.8 Å². The predicted octanol–water partition coefficient (Wildman–Crippen LogP) is 7.06. The molecule has 0 aromatic heterocycles. The van der Waals surface area contributed by atoms with Gasteiger partial charge in [-0.1, -0.05) is 69.5 Å². The van der Waals surface area contributed by atoms with E-state index in [4.69, 9.17) is 23.2 Å². The molecule has 27 heavy (non-hydrogen) atoms. The Bertz CT molecular complexity index is 1020. The molecule has 7 heteroatoms. The molecule has 2 nitrogen and oxygen atoms in total. The minimum Gasteiger partial charge on any atom is -0.224 e. The fourth-order valence-corrected chi connectivity index (χ4v) is 6.24. The molecule has 3 rings (SSSR count). The van der Waals surface area contributed by atoms with E-state index in [-0.39, 0.29) is 11.0 Å². The first-order valence-electron chi connectivity index (χ1n) is 8.00. The number of sulfone groups is 1. The van der Waals surface area contributed by atoms with E-state index >= 15 is 0 Å².